The zero-order valence-electron chi connectivity index (χ0n) is 21.6. The second kappa shape index (κ2) is 12.4. The Labute approximate surface area is 216 Å². The van der Waals surface area contributed by atoms with Crippen molar-refractivity contribution in [3.8, 4) is 17.2 Å². The summed E-state index contributed by atoms with van der Waals surface area (Å²) < 4.78 is 13.3. The second-order valence-electron chi connectivity index (χ2n) is 9.21. The number of azo groups is 2. The molecule has 1 unspecified atom stereocenters. The molecule has 0 fully saturated rings. The fraction of sp³-hybridized carbons (Fsp3) is 0.429. The maximum atomic E-state index is 12.8. The lowest BCUT2D eigenvalue weighted by atomic mass is 10.0. The van der Waals surface area contributed by atoms with Crippen LogP contribution in [0.15, 0.2) is 58.3 Å². The molecule has 194 valence electrons. The van der Waals surface area contributed by atoms with E-state index < -0.39 is 6.04 Å². The molecule has 0 spiro atoms. The number of oxazole rings is 1. The fourth-order valence-electron chi connectivity index (χ4n) is 4.30. The predicted octanol–water partition coefficient (Wildman–Crippen LogP) is 5.37. The van der Waals surface area contributed by atoms with Crippen LogP contribution in [-0.2, 0) is 9.59 Å². The van der Waals surface area contributed by atoms with Crippen molar-refractivity contribution in [3.63, 3.8) is 0 Å². The first-order chi connectivity index (χ1) is 18.0. The lowest BCUT2D eigenvalue weighted by Crippen LogP contribution is -2.33. The van der Waals surface area contributed by atoms with Crippen molar-refractivity contribution >= 4 is 22.6 Å². The summed E-state index contributed by atoms with van der Waals surface area (Å²) in [5.41, 5.74) is 1.52. The van der Waals surface area contributed by atoms with Crippen LogP contribution in [0.4, 0.5) is 0 Å². The highest BCUT2D eigenvalue weighted by Gasteiger charge is 2.25. The number of benzene rings is 1. The van der Waals surface area contributed by atoms with Crippen molar-refractivity contribution in [3.05, 3.63) is 54.7 Å². The normalized spacial score (nSPS) is 15.5. The molecular weight excluding hydrogens is 470 g/mol. The van der Waals surface area contributed by atoms with Gasteiger partial charge < -0.3 is 14.5 Å². The van der Waals surface area contributed by atoms with Gasteiger partial charge in [-0.05, 0) is 37.0 Å². The van der Waals surface area contributed by atoms with Gasteiger partial charge in [0.25, 0.3) is 12.5 Å². The van der Waals surface area contributed by atoms with Crippen molar-refractivity contribution in [2.24, 2.45) is 5.11 Å². The molecule has 0 radical (unpaired) electrons. The molecule has 1 N–H and O–H groups in total. The van der Waals surface area contributed by atoms with Gasteiger partial charge in [0.05, 0.1) is 24.4 Å². The summed E-state index contributed by atoms with van der Waals surface area (Å²) in [7, 11) is 1.57. The van der Waals surface area contributed by atoms with Crippen molar-refractivity contribution in [2.75, 3.05) is 13.7 Å². The Balaban J connectivity index is 1.51. The van der Waals surface area contributed by atoms with E-state index in [1.54, 1.807) is 18.0 Å². The number of ketones is 1. The largest absolute Gasteiger partial charge is 0.480 e. The lowest BCUT2D eigenvalue weighted by molar-refractivity contribution is -0.513. The van der Waals surface area contributed by atoms with E-state index in [1.165, 1.54) is 0 Å². The van der Waals surface area contributed by atoms with Gasteiger partial charge in [-0.25, -0.2) is 9.97 Å². The first-order valence-electron chi connectivity index (χ1n) is 12.8. The molecule has 37 heavy (non-hydrogen) atoms. The summed E-state index contributed by atoms with van der Waals surface area (Å²) in [6.45, 7) is 3.97. The van der Waals surface area contributed by atoms with Gasteiger partial charge in [0.1, 0.15) is 17.9 Å². The molecule has 0 saturated heterocycles. The first kappa shape index (κ1) is 26.2. The molecule has 0 bridgehead atoms. The third kappa shape index (κ3) is 6.87. The predicted molar refractivity (Wildman–Crippen MR) is 139 cm³/mol. The third-order valence-corrected chi connectivity index (χ3v) is 6.32. The zero-order valence-corrected chi connectivity index (χ0v) is 21.6. The molecule has 3 heterocycles. The van der Waals surface area contributed by atoms with Gasteiger partial charge in [0.15, 0.2) is 12.0 Å². The monoisotopic (exact) mass is 504 g/mol. The number of hydrogen-bond donors (Lipinski definition) is 1. The molecule has 2 aromatic heterocycles. The third-order valence-electron chi connectivity index (χ3n) is 6.32. The molecule has 4 rings (SSSR count). The van der Waals surface area contributed by atoms with E-state index in [0.717, 1.165) is 30.2 Å². The number of nitrogens with one attached hydrogen (secondary N) is 1. The minimum absolute atomic E-state index is 0.0641. The van der Waals surface area contributed by atoms with E-state index in [9.17, 15) is 9.59 Å². The Morgan fingerprint density at radius 3 is 2.81 bits per heavy atom. The van der Waals surface area contributed by atoms with E-state index in [-0.39, 0.29) is 24.3 Å². The second-order valence-corrected chi connectivity index (χ2v) is 9.21. The zero-order chi connectivity index (χ0) is 26.2. The number of hydrogen-bond acceptors (Lipinski definition) is 7. The molecule has 9 nitrogen and oxygen atoms in total. The SMILES string of the molecule is CCC(=O)CCCCC[C@H](NC(=O)C[N+]1=NC(C)C=C1)c1ncc(-c2cc3ccccc3nc2OC)o1. The molecule has 1 aromatic carbocycles. The van der Waals surface area contributed by atoms with Crippen LogP contribution in [0.25, 0.3) is 22.2 Å². The average molecular weight is 505 g/mol. The molecule has 9 heteroatoms. The Morgan fingerprint density at radius 1 is 1.22 bits per heavy atom. The number of amides is 1. The van der Waals surface area contributed by atoms with E-state index in [1.807, 2.05) is 56.5 Å². The maximum absolute atomic E-state index is 12.8. The van der Waals surface area contributed by atoms with Crippen LogP contribution in [-0.4, -0.2) is 46.1 Å². The first-order valence-corrected chi connectivity index (χ1v) is 12.8. The number of ether oxygens (including phenoxy) is 1. The highest BCUT2D eigenvalue weighted by Crippen LogP contribution is 2.33. The standard InChI is InChI=1S/C28H33N5O4/c1-4-21(34)11-6-5-7-13-24(30-26(35)18-33-15-14-19(2)32-33)28-29-17-25(37-28)22-16-20-10-8-9-12-23(20)31-27(22)36-3/h8-10,12,14-17,19,24H,4-7,11,13,18H2,1-3H3/p+1/t19?,24-/m0/s1. The van der Waals surface area contributed by atoms with Crippen LogP contribution in [0.3, 0.4) is 0 Å². The Hall–Kier alpha value is -3.88. The topological polar surface area (TPSA) is 110 Å². The van der Waals surface area contributed by atoms with Gasteiger partial charge in [-0.15, -0.1) is 0 Å². The maximum Gasteiger partial charge on any atom is 0.289 e. The number of nitrogens with zero attached hydrogens (tertiary/aromatic N) is 4. The molecular formula is C28H34N5O4+. The van der Waals surface area contributed by atoms with Gasteiger partial charge in [-0.3, -0.25) is 9.59 Å². The molecule has 1 aliphatic rings. The quantitative estimate of drug-likeness (QED) is 0.248. The van der Waals surface area contributed by atoms with Crippen LogP contribution in [0, 0.1) is 0 Å². The number of unbranched alkanes of at least 4 members (excludes halogenated alkanes) is 2. The van der Waals surface area contributed by atoms with Crippen LogP contribution in [0.5, 0.6) is 5.88 Å². The smallest absolute Gasteiger partial charge is 0.289 e. The molecule has 2 atom stereocenters. The highest BCUT2D eigenvalue weighted by molar-refractivity contribution is 5.85. The van der Waals surface area contributed by atoms with Gasteiger partial charge in [-0.2, -0.15) is 0 Å². The Morgan fingerprint density at radius 2 is 2.05 bits per heavy atom. The number of para-hydroxylation sites is 1. The van der Waals surface area contributed by atoms with E-state index in [0.29, 0.717) is 42.4 Å². The fourth-order valence-corrected chi connectivity index (χ4v) is 4.30. The summed E-state index contributed by atoms with van der Waals surface area (Å²) in [4.78, 5) is 33.6. The number of carbonyl (C=O) groups is 2. The van der Waals surface area contributed by atoms with Gasteiger partial charge in [-0.1, -0.05) is 42.7 Å². The molecule has 0 aliphatic carbocycles. The Bertz CT molecular complexity index is 1310. The number of rotatable bonds is 13. The van der Waals surface area contributed by atoms with E-state index >= 15 is 0 Å². The summed E-state index contributed by atoms with van der Waals surface area (Å²) in [5.74, 6) is 1.49. The molecule has 3 aromatic rings. The number of Topliss-reactive ketones (excluding diaryl/α,β-unsaturated/α-hetero) is 1. The van der Waals surface area contributed by atoms with E-state index in [4.69, 9.17) is 9.15 Å². The van der Waals surface area contributed by atoms with Crippen molar-refractivity contribution in [1.29, 1.82) is 0 Å². The van der Waals surface area contributed by atoms with Gasteiger partial charge in [0.2, 0.25) is 11.8 Å². The molecule has 1 aliphatic heterocycles. The van der Waals surface area contributed by atoms with Gasteiger partial charge >= 0.3 is 0 Å². The minimum Gasteiger partial charge on any atom is -0.480 e. The summed E-state index contributed by atoms with van der Waals surface area (Å²) in [6, 6.07) is 9.41. The van der Waals surface area contributed by atoms with Crippen LogP contribution >= 0.6 is 0 Å². The van der Waals surface area contributed by atoms with Crippen LogP contribution in [0.1, 0.15) is 64.3 Å². The minimum atomic E-state index is -0.411. The van der Waals surface area contributed by atoms with E-state index in [2.05, 4.69) is 20.4 Å². The number of methoxy groups -OCH3 is 1. The average Bonchev–Trinajstić information content (AvgIpc) is 3.55. The number of aromatic nitrogens is 2. The summed E-state index contributed by atoms with van der Waals surface area (Å²) >= 11 is 0. The van der Waals surface area contributed by atoms with Crippen molar-refractivity contribution in [2.45, 2.75) is 64.5 Å². The number of pyridine rings is 1. The number of carbonyl (C=O) groups excluding carboxylic acids is 2. The van der Waals surface area contributed by atoms with Crippen LogP contribution in [0.2, 0.25) is 0 Å². The van der Waals surface area contributed by atoms with Crippen molar-refractivity contribution < 1.29 is 23.4 Å². The number of fused-ring (bicyclic) bond motifs is 1. The lowest BCUT2D eigenvalue weighted by Gasteiger charge is -2.15. The van der Waals surface area contributed by atoms with Gasteiger partial charge in [0, 0.05) is 24.3 Å². The molecule has 1 amide bonds. The Kier molecular flexibility index (Phi) is 8.77. The van der Waals surface area contributed by atoms with Crippen LogP contribution < -0.4 is 10.1 Å². The highest BCUT2D eigenvalue weighted by atomic mass is 16.5. The summed E-state index contributed by atoms with van der Waals surface area (Å²) in [6.07, 6.45) is 9.73. The van der Waals surface area contributed by atoms with Crippen molar-refractivity contribution in [1.82, 2.24) is 15.3 Å². The molecule has 0 saturated carbocycles. The summed E-state index contributed by atoms with van der Waals surface area (Å²) in [5, 5.41) is 8.40.